The van der Waals surface area contributed by atoms with Gasteiger partial charge in [-0.1, -0.05) is 6.42 Å². The van der Waals surface area contributed by atoms with Gasteiger partial charge in [0.25, 0.3) is 10.2 Å². The third-order valence-electron chi connectivity index (χ3n) is 3.58. The number of rotatable bonds is 7. The van der Waals surface area contributed by atoms with Crippen LogP contribution in [-0.4, -0.2) is 57.1 Å². The zero-order valence-corrected chi connectivity index (χ0v) is 12.9. The molecule has 0 aromatic rings. The number of hydrogen-bond acceptors (Lipinski definition) is 5. The van der Waals surface area contributed by atoms with E-state index in [9.17, 15) is 18.3 Å². The van der Waals surface area contributed by atoms with Crippen molar-refractivity contribution in [3.63, 3.8) is 0 Å². The molecule has 1 fully saturated rings. The number of nitrogens with one attached hydrogen (secondary N) is 1. The Morgan fingerprint density at radius 2 is 2.15 bits per heavy atom. The summed E-state index contributed by atoms with van der Waals surface area (Å²) < 4.78 is 32.0. The van der Waals surface area contributed by atoms with Crippen LogP contribution in [0.25, 0.3) is 0 Å². The molecule has 1 aliphatic rings. The van der Waals surface area contributed by atoms with Gasteiger partial charge in [0, 0.05) is 20.1 Å². The summed E-state index contributed by atoms with van der Waals surface area (Å²) in [6.07, 6.45) is 2.97. The highest BCUT2D eigenvalue weighted by atomic mass is 32.2. The molecule has 0 aromatic carbocycles. The van der Waals surface area contributed by atoms with E-state index < -0.39 is 16.2 Å². The maximum Gasteiger partial charge on any atom is 0.306 e. The molecule has 20 heavy (non-hydrogen) atoms. The summed E-state index contributed by atoms with van der Waals surface area (Å²) in [5.41, 5.74) is 0. The van der Waals surface area contributed by atoms with E-state index in [2.05, 4.69) is 9.46 Å². The lowest BCUT2D eigenvalue weighted by atomic mass is 9.87. The van der Waals surface area contributed by atoms with Crippen LogP contribution in [0.3, 0.4) is 0 Å². The molecular weight excluding hydrogens is 284 g/mol. The van der Waals surface area contributed by atoms with Crippen molar-refractivity contribution in [2.24, 2.45) is 5.92 Å². The fourth-order valence-electron chi connectivity index (χ4n) is 2.25. The van der Waals surface area contributed by atoms with Crippen LogP contribution < -0.4 is 4.72 Å². The molecule has 2 unspecified atom stereocenters. The van der Waals surface area contributed by atoms with Crippen LogP contribution >= 0.6 is 0 Å². The lowest BCUT2D eigenvalue weighted by molar-refractivity contribution is -0.140. The number of ether oxygens (including phenoxy) is 1. The minimum Gasteiger partial charge on any atom is -0.469 e. The number of hydrogen-bond donors (Lipinski definition) is 2. The molecule has 0 radical (unpaired) electrons. The number of carbonyl (C=O) groups is 1. The second-order valence-electron chi connectivity index (χ2n) is 5.19. The lowest BCUT2D eigenvalue weighted by Gasteiger charge is -2.26. The van der Waals surface area contributed by atoms with E-state index in [-0.39, 0.29) is 25.0 Å². The SMILES string of the molecule is COC(=O)CCN(C)S(=O)(=O)NCC1CCCC(O)C1. The molecule has 0 heterocycles. The summed E-state index contributed by atoms with van der Waals surface area (Å²) in [5.74, 6) is -0.273. The molecule has 118 valence electrons. The Hall–Kier alpha value is -0.700. The van der Waals surface area contributed by atoms with E-state index in [1.54, 1.807) is 0 Å². The summed E-state index contributed by atoms with van der Waals surface area (Å²) in [6, 6.07) is 0. The molecule has 0 aromatic heterocycles. The maximum absolute atomic E-state index is 12.0. The summed E-state index contributed by atoms with van der Waals surface area (Å²) in [5, 5.41) is 9.55. The van der Waals surface area contributed by atoms with Crippen molar-refractivity contribution in [2.75, 3.05) is 27.2 Å². The lowest BCUT2D eigenvalue weighted by Crippen LogP contribution is -2.42. The van der Waals surface area contributed by atoms with Crippen LogP contribution in [0, 0.1) is 5.92 Å². The Kier molecular flexibility index (Phi) is 6.87. The standard InChI is InChI=1S/C12H24N2O5S/c1-14(7-6-12(16)19-2)20(17,18)13-9-10-4-3-5-11(15)8-10/h10-11,13,15H,3-9H2,1-2H3. The van der Waals surface area contributed by atoms with Gasteiger partial charge in [-0.3, -0.25) is 4.79 Å². The molecule has 8 heteroatoms. The summed E-state index contributed by atoms with van der Waals surface area (Å²) in [6.45, 7) is 0.400. The van der Waals surface area contributed by atoms with Gasteiger partial charge in [-0.15, -0.1) is 0 Å². The van der Waals surface area contributed by atoms with Gasteiger partial charge < -0.3 is 9.84 Å². The van der Waals surface area contributed by atoms with Crippen molar-refractivity contribution in [3.8, 4) is 0 Å². The second-order valence-corrected chi connectivity index (χ2v) is 7.05. The number of nitrogens with zero attached hydrogens (tertiary/aromatic N) is 1. The van der Waals surface area contributed by atoms with E-state index in [1.807, 2.05) is 0 Å². The monoisotopic (exact) mass is 308 g/mol. The van der Waals surface area contributed by atoms with Crippen molar-refractivity contribution < 1.29 is 23.1 Å². The molecule has 0 bridgehead atoms. The first-order chi connectivity index (χ1) is 9.35. The van der Waals surface area contributed by atoms with Gasteiger partial charge in [0.1, 0.15) is 0 Å². The fraction of sp³-hybridized carbons (Fsp3) is 0.917. The largest absolute Gasteiger partial charge is 0.469 e. The molecule has 2 N–H and O–H groups in total. The Labute approximate surface area is 120 Å². The van der Waals surface area contributed by atoms with Crippen molar-refractivity contribution >= 4 is 16.2 Å². The first kappa shape index (κ1) is 17.4. The third-order valence-corrected chi connectivity index (χ3v) is 5.11. The topological polar surface area (TPSA) is 95.9 Å². The Morgan fingerprint density at radius 3 is 2.75 bits per heavy atom. The molecule has 0 spiro atoms. The van der Waals surface area contributed by atoms with Gasteiger partial charge in [0.15, 0.2) is 0 Å². The Morgan fingerprint density at radius 1 is 1.45 bits per heavy atom. The first-order valence-electron chi connectivity index (χ1n) is 6.81. The van der Waals surface area contributed by atoms with Crippen molar-refractivity contribution in [2.45, 2.75) is 38.2 Å². The van der Waals surface area contributed by atoms with E-state index in [0.717, 1.165) is 23.6 Å². The zero-order valence-electron chi connectivity index (χ0n) is 12.0. The highest BCUT2D eigenvalue weighted by Gasteiger charge is 2.24. The van der Waals surface area contributed by atoms with E-state index >= 15 is 0 Å². The van der Waals surface area contributed by atoms with Crippen LogP contribution in [0.1, 0.15) is 32.1 Å². The predicted molar refractivity (Wildman–Crippen MR) is 74.2 cm³/mol. The van der Waals surface area contributed by atoms with Gasteiger partial charge in [-0.05, 0) is 25.2 Å². The summed E-state index contributed by atoms with van der Waals surface area (Å²) >= 11 is 0. The maximum atomic E-state index is 12.0. The van der Waals surface area contributed by atoms with Gasteiger partial charge in [0.05, 0.1) is 19.6 Å². The summed E-state index contributed by atoms with van der Waals surface area (Å²) in [4.78, 5) is 11.0. The number of esters is 1. The average Bonchev–Trinajstić information content (AvgIpc) is 2.42. The van der Waals surface area contributed by atoms with Crippen LogP contribution in [0.5, 0.6) is 0 Å². The van der Waals surface area contributed by atoms with Gasteiger partial charge in [-0.2, -0.15) is 12.7 Å². The smallest absolute Gasteiger partial charge is 0.306 e. The number of methoxy groups -OCH3 is 1. The van der Waals surface area contributed by atoms with E-state index in [4.69, 9.17) is 0 Å². The highest BCUT2D eigenvalue weighted by Crippen LogP contribution is 2.23. The van der Waals surface area contributed by atoms with Crippen LogP contribution in [0.4, 0.5) is 0 Å². The molecular formula is C12H24N2O5S. The Balaban J connectivity index is 2.38. The zero-order chi connectivity index (χ0) is 15.2. The van der Waals surface area contributed by atoms with E-state index in [0.29, 0.717) is 13.0 Å². The number of aliphatic hydroxyl groups is 1. The molecule has 1 saturated carbocycles. The van der Waals surface area contributed by atoms with Gasteiger partial charge in [0.2, 0.25) is 0 Å². The van der Waals surface area contributed by atoms with Crippen LogP contribution in [-0.2, 0) is 19.7 Å². The fourth-order valence-corrected chi connectivity index (χ4v) is 3.25. The average molecular weight is 308 g/mol. The third kappa shape index (κ3) is 5.74. The van der Waals surface area contributed by atoms with Crippen molar-refractivity contribution in [1.82, 2.24) is 9.03 Å². The minimum atomic E-state index is -3.59. The molecule has 1 rings (SSSR count). The predicted octanol–water partition coefficient (Wildman–Crippen LogP) is -0.133. The molecule has 0 amide bonds. The molecule has 7 nitrogen and oxygen atoms in total. The van der Waals surface area contributed by atoms with Crippen LogP contribution in [0.15, 0.2) is 0 Å². The normalized spacial score (nSPS) is 23.8. The van der Waals surface area contributed by atoms with Crippen molar-refractivity contribution in [3.05, 3.63) is 0 Å². The Bertz CT molecular complexity index is 412. The molecule has 0 aliphatic heterocycles. The number of aliphatic hydroxyl groups excluding tert-OH is 1. The summed E-state index contributed by atoms with van der Waals surface area (Å²) in [7, 11) is -0.902. The van der Waals surface area contributed by atoms with Crippen LogP contribution in [0.2, 0.25) is 0 Å². The highest BCUT2D eigenvalue weighted by molar-refractivity contribution is 7.87. The van der Waals surface area contributed by atoms with Gasteiger partial charge in [-0.25, -0.2) is 4.72 Å². The number of carbonyl (C=O) groups excluding carboxylic acids is 1. The van der Waals surface area contributed by atoms with Gasteiger partial charge >= 0.3 is 5.97 Å². The first-order valence-corrected chi connectivity index (χ1v) is 8.25. The molecule has 2 atom stereocenters. The second kappa shape index (κ2) is 7.92. The van der Waals surface area contributed by atoms with Crippen molar-refractivity contribution in [1.29, 1.82) is 0 Å². The minimum absolute atomic E-state index is 0.0239. The molecule has 1 aliphatic carbocycles. The quantitative estimate of drug-likeness (QED) is 0.639. The molecule has 0 saturated heterocycles. The van der Waals surface area contributed by atoms with E-state index in [1.165, 1.54) is 14.2 Å².